The monoisotopic (exact) mass is 264 g/mol. The van der Waals surface area contributed by atoms with Gasteiger partial charge in [0.15, 0.2) is 0 Å². The third kappa shape index (κ3) is 1.87. The van der Waals surface area contributed by atoms with Crippen molar-refractivity contribution < 1.29 is 0 Å². The number of allylic oxidation sites excluding steroid dienone is 1. The second-order valence-electron chi connectivity index (χ2n) is 5.98. The third-order valence-corrected chi connectivity index (χ3v) is 4.88. The largest absolute Gasteiger partial charge is 0.255 e. The fourth-order valence-corrected chi connectivity index (χ4v) is 3.25. The molecule has 0 bridgehead atoms. The minimum Gasteiger partial charge on any atom is -0.255 e. The maximum absolute atomic E-state index is 4.48. The first kappa shape index (κ1) is 13.0. The lowest BCUT2D eigenvalue weighted by atomic mass is 9.94. The standard InChI is InChI=1S/C18H20N2/c1-5-15-13(3)18(15,4)14-7-9-20-17(11-14)16-10-12(2)6-8-19-16/h5-11,13,15H,1H2,2-4H3/t13?,15-,18?/m0/s1. The van der Waals surface area contributed by atoms with E-state index in [-0.39, 0.29) is 5.41 Å². The summed E-state index contributed by atoms with van der Waals surface area (Å²) in [6.45, 7) is 10.6. The molecule has 20 heavy (non-hydrogen) atoms. The van der Waals surface area contributed by atoms with Crippen LogP contribution in [0, 0.1) is 18.8 Å². The van der Waals surface area contributed by atoms with Crippen LogP contribution in [-0.2, 0) is 5.41 Å². The minimum absolute atomic E-state index is 0.198. The van der Waals surface area contributed by atoms with Gasteiger partial charge >= 0.3 is 0 Å². The molecule has 1 aliphatic rings. The van der Waals surface area contributed by atoms with E-state index in [1.54, 1.807) is 0 Å². The molecule has 1 fully saturated rings. The van der Waals surface area contributed by atoms with E-state index in [0.717, 1.165) is 11.4 Å². The Hall–Kier alpha value is -1.96. The van der Waals surface area contributed by atoms with Gasteiger partial charge in [0.2, 0.25) is 0 Å². The lowest BCUT2D eigenvalue weighted by Gasteiger charge is -2.12. The number of aryl methyl sites for hydroxylation is 1. The van der Waals surface area contributed by atoms with Crippen LogP contribution in [0.2, 0.25) is 0 Å². The van der Waals surface area contributed by atoms with Gasteiger partial charge in [0, 0.05) is 17.8 Å². The summed E-state index contributed by atoms with van der Waals surface area (Å²) >= 11 is 0. The Morgan fingerprint density at radius 2 is 1.80 bits per heavy atom. The molecular formula is C18H20N2. The number of aromatic nitrogens is 2. The van der Waals surface area contributed by atoms with Crippen molar-refractivity contribution in [3.8, 4) is 11.4 Å². The van der Waals surface area contributed by atoms with Crippen LogP contribution in [0.5, 0.6) is 0 Å². The Kier molecular flexibility index (Phi) is 2.97. The summed E-state index contributed by atoms with van der Waals surface area (Å²) in [4.78, 5) is 8.91. The molecule has 2 nitrogen and oxygen atoms in total. The SMILES string of the molecule is C=C[C@H]1C(C)C1(C)c1ccnc(-c2cc(C)ccn2)c1. The van der Waals surface area contributed by atoms with Gasteiger partial charge in [-0.15, -0.1) is 6.58 Å². The Bertz CT molecular complexity index is 662. The topological polar surface area (TPSA) is 25.8 Å². The van der Waals surface area contributed by atoms with Gasteiger partial charge in [-0.05, 0) is 54.2 Å². The zero-order valence-electron chi connectivity index (χ0n) is 12.3. The van der Waals surface area contributed by atoms with Gasteiger partial charge < -0.3 is 0 Å². The quantitative estimate of drug-likeness (QED) is 0.778. The zero-order chi connectivity index (χ0) is 14.3. The minimum atomic E-state index is 0.198. The number of nitrogens with zero attached hydrogens (tertiary/aromatic N) is 2. The molecule has 0 spiro atoms. The van der Waals surface area contributed by atoms with E-state index < -0.39 is 0 Å². The number of rotatable bonds is 3. The van der Waals surface area contributed by atoms with Crippen molar-refractivity contribution in [2.45, 2.75) is 26.2 Å². The van der Waals surface area contributed by atoms with Crippen LogP contribution in [0.4, 0.5) is 0 Å². The highest BCUT2D eigenvalue weighted by molar-refractivity contribution is 5.57. The molecule has 3 atom stereocenters. The smallest absolute Gasteiger partial charge is 0.0889 e. The van der Waals surface area contributed by atoms with Crippen LogP contribution in [0.15, 0.2) is 49.3 Å². The molecule has 0 aliphatic heterocycles. The molecule has 3 rings (SSSR count). The van der Waals surface area contributed by atoms with Crippen LogP contribution >= 0.6 is 0 Å². The van der Waals surface area contributed by atoms with E-state index in [4.69, 9.17) is 0 Å². The molecule has 0 N–H and O–H groups in total. The van der Waals surface area contributed by atoms with Crippen LogP contribution < -0.4 is 0 Å². The Labute approximate surface area is 120 Å². The molecule has 2 heteroatoms. The van der Waals surface area contributed by atoms with Crippen LogP contribution in [-0.4, -0.2) is 9.97 Å². The molecule has 2 heterocycles. The van der Waals surface area contributed by atoms with Crippen LogP contribution in [0.3, 0.4) is 0 Å². The predicted molar refractivity (Wildman–Crippen MR) is 82.4 cm³/mol. The fourth-order valence-electron chi connectivity index (χ4n) is 3.25. The molecule has 2 aromatic rings. The average molecular weight is 264 g/mol. The second kappa shape index (κ2) is 4.55. The van der Waals surface area contributed by atoms with Crippen molar-refractivity contribution >= 4 is 0 Å². The summed E-state index contributed by atoms with van der Waals surface area (Å²) in [6.07, 6.45) is 5.81. The van der Waals surface area contributed by atoms with E-state index in [1.165, 1.54) is 11.1 Å². The highest BCUT2D eigenvalue weighted by Gasteiger charge is 2.57. The first-order valence-corrected chi connectivity index (χ1v) is 7.09. The lowest BCUT2D eigenvalue weighted by molar-refractivity contribution is 0.691. The Balaban J connectivity index is 2.01. The van der Waals surface area contributed by atoms with Gasteiger partial charge in [-0.25, -0.2) is 0 Å². The summed E-state index contributed by atoms with van der Waals surface area (Å²) in [5.41, 5.74) is 4.64. The van der Waals surface area contributed by atoms with Gasteiger partial charge in [-0.3, -0.25) is 9.97 Å². The lowest BCUT2D eigenvalue weighted by Crippen LogP contribution is -2.06. The molecule has 0 aromatic carbocycles. The molecule has 0 saturated heterocycles. The van der Waals surface area contributed by atoms with Gasteiger partial charge in [-0.1, -0.05) is 19.9 Å². The fraction of sp³-hybridized carbons (Fsp3) is 0.333. The number of pyridine rings is 2. The van der Waals surface area contributed by atoms with Gasteiger partial charge in [0.25, 0.3) is 0 Å². The van der Waals surface area contributed by atoms with E-state index in [9.17, 15) is 0 Å². The molecule has 2 unspecified atom stereocenters. The maximum atomic E-state index is 4.48. The first-order valence-electron chi connectivity index (χ1n) is 7.09. The van der Waals surface area contributed by atoms with Crippen molar-refractivity contribution in [1.29, 1.82) is 0 Å². The van der Waals surface area contributed by atoms with Crippen molar-refractivity contribution in [3.63, 3.8) is 0 Å². The van der Waals surface area contributed by atoms with E-state index in [2.05, 4.69) is 61.6 Å². The van der Waals surface area contributed by atoms with Crippen LogP contribution in [0.1, 0.15) is 25.0 Å². The zero-order valence-corrected chi connectivity index (χ0v) is 12.3. The third-order valence-electron chi connectivity index (χ3n) is 4.88. The van der Waals surface area contributed by atoms with Gasteiger partial charge in [0.05, 0.1) is 11.4 Å². The summed E-state index contributed by atoms with van der Waals surface area (Å²) in [5.74, 6) is 1.20. The molecule has 1 aliphatic carbocycles. The molecule has 0 amide bonds. The van der Waals surface area contributed by atoms with Crippen LogP contribution in [0.25, 0.3) is 11.4 Å². The van der Waals surface area contributed by atoms with Gasteiger partial charge in [0.1, 0.15) is 0 Å². The summed E-state index contributed by atoms with van der Waals surface area (Å²) < 4.78 is 0. The molecule has 102 valence electrons. The average Bonchev–Trinajstić information content (AvgIpc) is 3.01. The molecule has 1 saturated carbocycles. The van der Waals surface area contributed by atoms with Crippen molar-refractivity contribution in [2.75, 3.05) is 0 Å². The highest BCUT2D eigenvalue weighted by Crippen LogP contribution is 2.60. The summed E-state index contributed by atoms with van der Waals surface area (Å²) in [7, 11) is 0. The summed E-state index contributed by atoms with van der Waals surface area (Å²) in [6, 6.07) is 8.39. The van der Waals surface area contributed by atoms with E-state index >= 15 is 0 Å². The van der Waals surface area contributed by atoms with Crippen molar-refractivity contribution in [2.24, 2.45) is 11.8 Å². The van der Waals surface area contributed by atoms with Crippen molar-refractivity contribution in [1.82, 2.24) is 9.97 Å². The predicted octanol–water partition coefficient (Wildman–Crippen LogP) is 4.16. The Morgan fingerprint density at radius 3 is 2.40 bits per heavy atom. The molecule has 0 radical (unpaired) electrons. The second-order valence-corrected chi connectivity index (χ2v) is 5.98. The number of hydrogen-bond acceptors (Lipinski definition) is 2. The molecule has 2 aromatic heterocycles. The van der Waals surface area contributed by atoms with Gasteiger partial charge in [-0.2, -0.15) is 0 Å². The normalized spacial score (nSPS) is 28.1. The first-order chi connectivity index (χ1) is 9.57. The maximum Gasteiger partial charge on any atom is 0.0889 e. The van der Waals surface area contributed by atoms with E-state index in [1.807, 2.05) is 18.5 Å². The summed E-state index contributed by atoms with van der Waals surface area (Å²) in [5, 5.41) is 0. The molecular weight excluding hydrogens is 244 g/mol. The van der Waals surface area contributed by atoms with Crippen molar-refractivity contribution in [3.05, 3.63) is 60.4 Å². The number of hydrogen-bond donors (Lipinski definition) is 0. The highest BCUT2D eigenvalue weighted by atomic mass is 14.8. The van der Waals surface area contributed by atoms with E-state index in [0.29, 0.717) is 11.8 Å². The Morgan fingerprint density at radius 1 is 1.15 bits per heavy atom.